The van der Waals surface area contributed by atoms with E-state index in [1.54, 1.807) is 20.0 Å². The fraction of sp³-hybridized carbons (Fsp3) is 0.176. The Hall–Kier alpha value is -2.49. The molecule has 0 unspecified atom stereocenters. The Morgan fingerprint density at radius 1 is 1.10 bits per heavy atom. The number of fused-ring (bicyclic) bond motifs is 1. The van der Waals surface area contributed by atoms with Crippen LogP contribution in [0.25, 0.3) is 10.9 Å². The largest absolute Gasteiger partial charge is 0.350 e. The van der Waals surface area contributed by atoms with Crippen molar-refractivity contribution >= 4 is 16.9 Å². The number of anilines is 1. The van der Waals surface area contributed by atoms with Crippen molar-refractivity contribution in [2.45, 2.75) is 20.4 Å². The standard InChI is InChI=1S/C17H16FN3/c1-11-7-13(8-12(2)16(11)18)9-19-17-20-10-14-5-3-4-6-15(14)21-17/h3-8,10H,9H2,1-2H3,(H,19,20,21). The van der Waals surface area contributed by atoms with Crippen LogP contribution in [0.1, 0.15) is 16.7 Å². The third kappa shape index (κ3) is 2.84. The van der Waals surface area contributed by atoms with Crippen LogP contribution in [-0.4, -0.2) is 9.97 Å². The van der Waals surface area contributed by atoms with Gasteiger partial charge in [0.05, 0.1) is 5.52 Å². The van der Waals surface area contributed by atoms with Crippen LogP contribution < -0.4 is 5.32 Å². The molecule has 0 aliphatic rings. The van der Waals surface area contributed by atoms with E-state index in [1.807, 2.05) is 36.4 Å². The summed E-state index contributed by atoms with van der Waals surface area (Å²) >= 11 is 0. The van der Waals surface area contributed by atoms with Gasteiger partial charge in [-0.15, -0.1) is 0 Å². The molecule has 0 aliphatic carbocycles. The SMILES string of the molecule is Cc1cc(CNc2ncc3ccccc3n2)cc(C)c1F. The smallest absolute Gasteiger partial charge is 0.223 e. The molecule has 2 aromatic carbocycles. The molecule has 0 atom stereocenters. The quantitative estimate of drug-likeness (QED) is 0.788. The number of benzene rings is 2. The Labute approximate surface area is 122 Å². The molecule has 0 aliphatic heterocycles. The van der Waals surface area contributed by atoms with Crippen LogP contribution in [0.3, 0.4) is 0 Å². The Kier molecular flexibility index (Phi) is 3.52. The second-order valence-corrected chi connectivity index (χ2v) is 5.15. The molecule has 4 heteroatoms. The van der Waals surface area contributed by atoms with E-state index in [0.29, 0.717) is 23.6 Å². The van der Waals surface area contributed by atoms with Crippen molar-refractivity contribution in [2.75, 3.05) is 5.32 Å². The number of hydrogen-bond donors (Lipinski definition) is 1. The number of para-hydroxylation sites is 1. The molecule has 3 nitrogen and oxygen atoms in total. The first-order chi connectivity index (χ1) is 10.1. The minimum absolute atomic E-state index is 0.138. The molecule has 1 aromatic heterocycles. The summed E-state index contributed by atoms with van der Waals surface area (Å²) in [5, 5.41) is 4.19. The van der Waals surface area contributed by atoms with Crippen LogP contribution in [0.2, 0.25) is 0 Å². The average molecular weight is 281 g/mol. The Bertz CT molecular complexity index is 776. The van der Waals surface area contributed by atoms with E-state index in [9.17, 15) is 4.39 Å². The van der Waals surface area contributed by atoms with E-state index in [1.165, 1.54) is 0 Å². The predicted octanol–water partition coefficient (Wildman–Crippen LogP) is 4.00. The molecule has 1 heterocycles. The summed E-state index contributed by atoms with van der Waals surface area (Å²) in [5.41, 5.74) is 3.24. The summed E-state index contributed by atoms with van der Waals surface area (Å²) < 4.78 is 13.6. The molecule has 0 bridgehead atoms. The van der Waals surface area contributed by atoms with Gasteiger partial charge in [0.2, 0.25) is 5.95 Å². The number of aromatic nitrogens is 2. The lowest BCUT2D eigenvalue weighted by Gasteiger charge is -2.09. The lowest BCUT2D eigenvalue weighted by Crippen LogP contribution is -2.04. The maximum absolute atomic E-state index is 13.6. The lowest BCUT2D eigenvalue weighted by atomic mass is 10.1. The summed E-state index contributed by atoms with van der Waals surface area (Å²) in [6, 6.07) is 11.5. The fourth-order valence-electron chi connectivity index (χ4n) is 2.38. The van der Waals surface area contributed by atoms with E-state index in [0.717, 1.165) is 16.5 Å². The molecular formula is C17H16FN3. The van der Waals surface area contributed by atoms with Crippen molar-refractivity contribution in [3.63, 3.8) is 0 Å². The van der Waals surface area contributed by atoms with E-state index >= 15 is 0 Å². The molecule has 3 rings (SSSR count). The lowest BCUT2D eigenvalue weighted by molar-refractivity contribution is 0.608. The van der Waals surface area contributed by atoms with Gasteiger partial charge in [-0.25, -0.2) is 14.4 Å². The molecule has 21 heavy (non-hydrogen) atoms. The van der Waals surface area contributed by atoms with Crippen LogP contribution in [-0.2, 0) is 6.54 Å². The Balaban J connectivity index is 1.80. The van der Waals surface area contributed by atoms with Crippen LogP contribution in [0, 0.1) is 19.7 Å². The molecule has 0 radical (unpaired) electrons. The van der Waals surface area contributed by atoms with Gasteiger partial charge in [0.15, 0.2) is 0 Å². The first-order valence-corrected chi connectivity index (χ1v) is 6.85. The van der Waals surface area contributed by atoms with Crippen LogP contribution in [0.5, 0.6) is 0 Å². The monoisotopic (exact) mass is 281 g/mol. The highest BCUT2D eigenvalue weighted by Crippen LogP contribution is 2.16. The number of rotatable bonds is 3. The molecular weight excluding hydrogens is 265 g/mol. The fourth-order valence-corrected chi connectivity index (χ4v) is 2.38. The molecule has 0 spiro atoms. The maximum Gasteiger partial charge on any atom is 0.223 e. The molecule has 0 fully saturated rings. The highest BCUT2D eigenvalue weighted by Gasteiger charge is 2.05. The minimum Gasteiger partial charge on any atom is -0.350 e. The van der Waals surface area contributed by atoms with Gasteiger partial charge in [-0.3, -0.25) is 0 Å². The third-order valence-electron chi connectivity index (χ3n) is 3.44. The van der Waals surface area contributed by atoms with E-state index < -0.39 is 0 Å². The number of nitrogens with zero attached hydrogens (tertiary/aromatic N) is 2. The van der Waals surface area contributed by atoms with Gasteiger partial charge in [0, 0.05) is 18.1 Å². The maximum atomic E-state index is 13.6. The molecule has 1 N–H and O–H groups in total. The van der Waals surface area contributed by atoms with Gasteiger partial charge in [0.25, 0.3) is 0 Å². The number of aryl methyl sites for hydroxylation is 2. The third-order valence-corrected chi connectivity index (χ3v) is 3.44. The molecule has 0 amide bonds. The van der Waals surface area contributed by atoms with Crippen molar-refractivity contribution in [3.05, 3.63) is 65.1 Å². The molecule has 0 saturated carbocycles. The van der Waals surface area contributed by atoms with Crippen molar-refractivity contribution < 1.29 is 4.39 Å². The number of halogens is 1. The Morgan fingerprint density at radius 3 is 2.57 bits per heavy atom. The summed E-state index contributed by atoms with van der Waals surface area (Å²) in [4.78, 5) is 8.74. The zero-order chi connectivity index (χ0) is 14.8. The first-order valence-electron chi connectivity index (χ1n) is 6.85. The Morgan fingerprint density at radius 2 is 1.81 bits per heavy atom. The topological polar surface area (TPSA) is 37.8 Å². The average Bonchev–Trinajstić information content (AvgIpc) is 2.50. The second-order valence-electron chi connectivity index (χ2n) is 5.15. The second kappa shape index (κ2) is 5.48. The number of nitrogens with one attached hydrogen (secondary N) is 1. The van der Waals surface area contributed by atoms with Crippen LogP contribution >= 0.6 is 0 Å². The minimum atomic E-state index is -0.138. The van der Waals surface area contributed by atoms with Gasteiger partial charge in [-0.05, 0) is 36.6 Å². The van der Waals surface area contributed by atoms with E-state index in [4.69, 9.17) is 0 Å². The van der Waals surface area contributed by atoms with Gasteiger partial charge in [-0.2, -0.15) is 0 Å². The summed E-state index contributed by atoms with van der Waals surface area (Å²) in [7, 11) is 0. The normalized spacial score (nSPS) is 10.8. The van der Waals surface area contributed by atoms with Gasteiger partial charge in [-0.1, -0.05) is 30.3 Å². The number of hydrogen-bond acceptors (Lipinski definition) is 3. The molecule has 0 saturated heterocycles. The van der Waals surface area contributed by atoms with Crippen molar-refractivity contribution in [2.24, 2.45) is 0 Å². The first kappa shape index (κ1) is 13.5. The van der Waals surface area contributed by atoms with E-state index in [2.05, 4.69) is 15.3 Å². The van der Waals surface area contributed by atoms with Gasteiger partial charge >= 0.3 is 0 Å². The summed E-state index contributed by atoms with van der Waals surface area (Å²) in [6.07, 6.45) is 1.80. The summed E-state index contributed by atoms with van der Waals surface area (Å²) in [5.74, 6) is 0.439. The van der Waals surface area contributed by atoms with Gasteiger partial charge < -0.3 is 5.32 Å². The zero-order valence-electron chi connectivity index (χ0n) is 12.0. The highest BCUT2D eigenvalue weighted by molar-refractivity contribution is 5.78. The van der Waals surface area contributed by atoms with Crippen molar-refractivity contribution in [1.29, 1.82) is 0 Å². The van der Waals surface area contributed by atoms with Crippen molar-refractivity contribution in [1.82, 2.24) is 9.97 Å². The van der Waals surface area contributed by atoms with Crippen molar-refractivity contribution in [3.8, 4) is 0 Å². The van der Waals surface area contributed by atoms with Crippen LogP contribution in [0.4, 0.5) is 10.3 Å². The molecule has 106 valence electrons. The zero-order valence-corrected chi connectivity index (χ0v) is 12.0. The highest BCUT2D eigenvalue weighted by atomic mass is 19.1. The summed E-state index contributed by atoms with van der Waals surface area (Å²) in [6.45, 7) is 4.12. The molecule has 3 aromatic rings. The van der Waals surface area contributed by atoms with Gasteiger partial charge in [0.1, 0.15) is 5.82 Å². The predicted molar refractivity (Wildman–Crippen MR) is 82.7 cm³/mol. The van der Waals surface area contributed by atoms with E-state index in [-0.39, 0.29) is 5.82 Å². The van der Waals surface area contributed by atoms with Crippen LogP contribution in [0.15, 0.2) is 42.6 Å².